The van der Waals surface area contributed by atoms with Crippen LogP contribution in [0.15, 0.2) is 48.5 Å². The van der Waals surface area contributed by atoms with Gasteiger partial charge >= 0.3 is 12.2 Å². The zero-order valence-corrected chi connectivity index (χ0v) is 31.8. The molecule has 0 unspecified atom stereocenters. The molecule has 0 heterocycles. The highest BCUT2D eigenvalue weighted by atomic mass is 16.6. The van der Waals surface area contributed by atoms with Gasteiger partial charge in [0.2, 0.25) is 0 Å². The minimum atomic E-state index is -0.461. The predicted octanol–water partition coefficient (Wildman–Crippen LogP) is 6.49. The number of benzene rings is 2. The van der Waals surface area contributed by atoms with E-state index in [-0.39, 0.29) is 19.6 Å². The summed E-state index contributed by atoms with van der Waals surface area (Å²) in [6.45, 7) is 19.8. The predicted molar refractivity (Wildman–Crippen MR) is 206 cm³/mol. The summed E-state index contributed by atoms with van der Waals surface area (Å²) in [5.74, 6) is 0. The number of hydrogen-bond donors (Lipinski definition) is 4. The van der Waals surface area contributed by atoms with Crippen LogP contribution >= 0.6 is 0 Å². The smallest absolute Gasteiger partial charge is 0.407 e. The molecule has 2 aromatic rings. The van der Waals surface area contributed by atoms with Gasteiger partial charge in [0.1, 0.15) is 17.5 Å². The first-order chi connectivity index (χ1) is 23.2. The van der Waals surface area contributed by atoms with Crippen molar-refractivity contribution in [1.82, 2.24) is 10.6 Å². The minimum Gasteiger partial charge on any atom is -0.444 e. The monoisotopic (exact) mass is 709 g/mol. The molecule has 0 fully saturated rings. The van der Waals surface area contributed by atoms with E-state index in [4.69, 9.17) is 28.8 Å². The van der Waals surface area contributed by atoms with Crippen LogP contribution in [0.1, 0.15) is 73.9 Å². The first-order valence-corrected chi connectivity index (χ1v) is 16.6. The number of amides is 2. The number of anilines is 2. The third-order valence-electron chi connectivity index (χ3n) is 6.00. The largest absolute Gasteiger partial charge is 0.444 e. The molecule has 2 amide bonds. The van der Waals surface area contributed by atoms with Crippen molar-refractivity contribution in [3.63, 3.8) is 0 Å². The van der Waals surface area contributed by atoms with Crippen LogP contribution in [0.3, 0.4) is 0 Å². The molecule has 0 radical (unpaired) electrons. The summed E-state index contributed by atoms with van der Waals surface area (Å²) < 4.78 is 20.5. The van der Waals surface area contributed by atoms with Crippen molar-refractivity contribution in [1.29, 1.82) is 0 Å². The Kier molecular flexibility index (Phi) is 30.3. The van der Waals surface area contributed by atoms with Gasteiger partial charge in [0, 0.05) is 65.4 Å². The average Bonchev–Trinajstić information content (AvgIpc) is 3.03. The molecule has 0 aromatic heterocycles. The van der Waals surface area contributed by atoms with Gasteiger partial charge in [-0.15, -0.1) is 0 Å². The molecule has 12 heteroatoms. The highest BCUT2D eigenvalue weighted by molar-refractivity contribution is 5.68. The fourth-order valence-corrected chi connectivity index (χ4v) is 3.88. The van der Waals surface area contributed by atoms with E-state index in [1.807, 2.05) is 65.8 Å². The van der Waals surface area contributed by atoms with E-state index in [2.05, 4.69) is 52.0 Å². The molecule has 0 atom stereocenters. The standard InChI is InChI=1S/C18H30N2O3.C16H26N2O3.C2H4O.CH4O.CH4/c1-6-20(13-14-22-5)16-9-7-15(8-10-16)11-12-19-17(21)23-18(2,3)4;1-16(2,3)21-15(19)18-10-9-13-5-7-14(8-6-13)17-11-12-20-4;1-2-3;1-2;/h7-10H,6,11-14H2,1-5H3,(H,19,21);5-8,17H,9-12H2,1-4H3,(H,18,19);2H,1H3;2H,1H3;1H4. The van der Waals surface area contributed by atoms with E-state index < -0.39 is 11.2 Å². The average molecular weight is 709 g/mol. The lowest BCUT2D eigenvalue weighted by Gasteiger charge is -2.23. The van der Waals surface area contributed by atoms with Crippen molar-refractivity contribution in [3.8, 4) is 0 Å². The zero-order chi connectivity index (χ0) is 37.7. The van der Waals surface area contributed by atoms with Crippen molar-refractivity contribution in [2.24, 2.45) is 0 Å². The van der Waals surface area contributed by atoms with Crippen LogP contribution in [-0.4, -0.2) is 102 Å². The highest BCUT2D eigenvalue weighted by Gasteiger charge is 2.16. The van der Waals surface area contributed by atoms with Crippen molar-refractivity contribution in [2.75, 3.05) is 77.5 Å². The molecule has 12 nitrogen and oxygen atoms in total. The number of nitrogens with zero attached hydrogens (tertiary/aromatic N) is 1. The summed E-state index contributed by atoms with van der Waals surface area (Å²) in [6.07, 6.45) is 1.56. The number of hydrogen-bond acceptors (Lipinski definition) is 10. The maximum absolute atomic E-state index is 11.6. The number of alkyl carbamates (subject to hydrolysis) is 2. The lowest BCUT2D eigenvalue weighted by atomic mass is 10.1. The number of likely N-dealkylation sites (N-methyl/N-ethyl adjacent to an activating group) is 1. The van der Waals surface area contributed by atoms with E-state index >= 15 is 0 Å². The Bertz CT molecular complexity index is 1120. The molecule has 50 heavy (non-hydrogen) atoms. The summed E-state index contributed by atoms with van der Waals surface area (Å²) >= 11 is 0. The van der Waals surface area contributed by atoms with Crippen LogP contribution in [0.4, 0.5) is 21.0 Å². The van der Waals surface area contributed by atoms with E-state index in [1.165, 1.54) is 23.7 Å². The minimum absolute atomic E-state index is 0. The van der Waals surface area contributed by atoms with Gasteiger partial charge in [-0.3, -0.25) is 0 Å². The second-order valence-electron chi connectivity index (χ2n) is 12.4. The van der Waals surface area contributed by atoms with Crippen LogP contribution in [0.5, 0.6) is 0 Å². The summed E-state index contributed by atoms with van der Waals surface area (Å²) in [5, 5.41) is 15.8. The van der Waals surface area contributed by atoms with Crippen molar-refractivity contribution in [3.05, 3.63) is 59.7 Å². The van der Waals surface area contributed by atoms with Gasteiger partial charge in [-0.05, 0) is 104 Å². The van der Waals surface area contributed by atoms with Gasteiger partial charge in [-0.2, -0.15) is 0 Å². The maximum atomic E-state index is 11.6. The Morgan fingerprint density at radius 2 is 1.14 bits per heavy atom. The number of nitrogens with one attached hydrogen (secondary N) is 3. The van der Waals surface area contributed by atoms with Gasteiger partial charge in [0.25, 0.3) is 0 Å². The first-order valence-electron chi connectivity index (χ1n) is 16.6. The molecular weight excluding hydrogens is 640 g/mol. The van der Waals surface area contributed by atoms with Crippen molar-refractivity contribution in [2.45, 2.75) is 86.9 Å². The van der Waals surface area contributed by atoms with Crippen LogP contribution in [0, 0.1) is 0 Å². The summed E-state index contributed by atoms with van der Waals surface area (Å²) in [5.41, 5.74) is 3.69. The molecule has 0 aliphatic carbocycles. The van der Waals surface area contributed by atoms with Crippen LogP contribution < -0.4 is 20.9 Å². The third-order valence-corrected chi connectivity index (χ3v) is 6.00. The molecule has 0 spiro atoms. The molecule has 0 aliphatic heterocycles. The molecule has 0 saturated heterocycles. The fraction of sp³-hybridized carbons (Fsp3) is 0.605. The lowest BCUT2D eigenvalue weighted by Crippen LogP contribution is -2.33. The number of ether oxygens (including phenoxy) is 4. The quantitative estimate of drug-likeness (QED) is 0.120. The maximum Gasteiger partial charge on any atom is 0.407 e. The number of aldehydes is 1. The van der Waals surface area contributed by atoms with Crippen LogP contribution in [-0.2, 0) is 36.6 Å². The molecule has 288 valence electrons. The summed E-state index contributed by atoms with van der Waals surface area (Å²) in [7, 11) is 4.40. The normalized spacial score (nSPS) is 10.2. The van der Waals surface area contributed by atoms with Gasteiger partial charge in [0.05, 0.1) is 13.2 Å². The molecule has 2 rings (SSSR count). The number of aliphatic hydroxyl groups is 1. The summed E-state index contributed by atoms with van der Waals surface area (Å²) in [4.78, 5) is 34.1. The van der Waals surface area contributed by atoms with E-state index in [9.17, 15) is 9.59 Å². The Hall–Kier alpha value is -3.87. The van der Waals surface area contributed by atoms with Gasteiger partial charge in [-0.25, -0.2) is 9.59 Å². The van der Waals surface area contributed by atoms with Gasteiger partial charge in [-0.1, -0.05) is 31.7 Å². The van der Waals surface area contributed by atoms with E-state index in [0.717, 1.165) is 58.2 Å². The van der Waals surface area contributed by atoms with Crippen molar-refractivity contribution >= 4 is 29.8 Å². The SMILES string of the molecule is C.CC=O.CCN(CCOC)c1ccc(CCNC(=O)OC(C)(C)C)cc1.CO.COCCNc1ccc(CCNC(=O)OC(C)(C)C)cc1. The Morgan fingerprint density at radius 1 is 0.740 bits per heavy atom. The number of rotatable bonds is 15. The highest BCUT2D eigenvalue weighted by Crippen LogP contribution is 2.15. The second-order valence-corrected chi connectivity index (χ2v) is 12.4. The zero-order valence-electron chi connectivity index (χ0n) is 31.8. The molecule has 0 bridgehead atoms. The topological polar surface area (TPSA) is 148 Å². The Balaban J connectivity index is -0.000000771. The lowest BCUT2D eigenvalue weighted by molar-refractivity contribution is -0.106. The number of methoxy groups -OCH3 is 2. The molecule has 4 N–H and O–H groups in total. The summed E-state index contributed by atoms with van der Waals surface area (Å²) in [6, 6.07) is 16.6. The second kappa shape index (κ2) is 30.0. The van der Waals surface area contributed by atoms with Crippen LogP contribution in [0.25, 0.3) is 0 Å². The van der Waals surface area contributed by atoms with E-state index in [0.29, 0.717) is 19.7 Å². The molecule has 0 saturated carbocycles. The Labute approximate surface area is 302 Å². The van der Waals surface area contributed by atoms with Crippen molar-refractivity contribution < 1.29 is 38.4 Å². The Morgan fingerprint density at radius 3 is 1.50 bits per heavy atom. The number of carbonyl (C=O) groups is 3. The fourth-order valence-electron chi connectivity index (χ4n) is 3.88. The molecular formula is C38H68N4O8. The first kappa shape index (κ1) is 50.5. The molecule has 0 aliphatic rings. The molecule has 2 aromatic carbocycles. The third kappa shape index (κ3) is 29.1. The van der Waals surface area contributed by atoms with Gasteiger partial charge < -0.3 is 49.7 Å². The van der Waals surface area contributed by atoms with Crippen LogP contribution in [0.2, 0.25) is 0 Å². The number of carbonyl (C=O) groups excluding carboxylic acids is 3. The number of aliphatic hydroxyl groups excluding tert-OH is 1. The van der Waals surface area contributed by atoms with E-state index in [1.54, 1.807) is 14.2 Å². The van der Waals surface area contributed by atoms with Gasteiger partial charge in [0.15, 0.2) is 0 Å².